The Bertz CT molecular complexity index is 1150. The van der Waals surface area contributed by atoms with Gasteiger partial charge in [0.05, 0.1) is 5.25 Å². The number of amides is 1. The van der Waals surface area contributed by atoms with E-state index in [1.165, 1.54) is 36.0 Å². The van der Waals surface area contributed by atoms with Crippen molar-refractivity contribution in [3.8, 4) is 11.3 Å². The van der Waals surface area contributed by atoms with Crippen LogP contribution in [0.15, 0.2) is 83.9 Å². The summed E-state index contributed by atoms with van der Waals surface area (Å²) in [4.78, 5) is 12.6. The fourth-order valence-corrected chi connectivity index (χ4v) is 3.87. The Kier molecular flexibility index (Phi) is 5.53. The van der Waals surface area contributed by atoms with E-state index in [2.05, 4.69) is 15.5 Å². The van der Waals surface area contributed by atoms with E-state index < -0.39 is 5.25 Å². The molecule has 29 heavy (non-hydrogen) atoms. The highest BCUT2D eigenvalue weighted by molar-refractivity contribution is 8.00. The summed E-state index contributed by atoms with van der Waals surface area (Å²) in [5.74, 6) is -0.523. The quantitative estimate of drug-likeness (QED) is 0.444. The van der Waals surface area contributed by atoms with Crippen molar-refractivity contribution in [2.24, 2.45) is 0 Å². The third kappa shape index (κ3) is 4.27. The molecule has 4 nitrogen and oxygen atoms in total. The van der Waals surface area contributed by atoms with Crippen LogP contribution in [0.2, 0.25) is 0 Å². The van der Waals surface area contributed by atoms with E-state index in [9.17, 15) is 9.18 Å². The Morgan fingerprint density at radius 1 is 0.897 bits per heavy atom. The highest BCUT2D eigenvalue weighted by Gasteiger charge is 2.19. The summed E-state index contributed by atoms with van der Waals surface area (Å²) in [6, 6.07) is 23.5. The first-order valence-corrected chi connectivity index (χ1v) is 10.0. The average molecular weight is 403 g/mol. The first-order chi connectivity index (χ1) is 14.1. The van der Waals surface area contributed by atoms with Crippen molar-refractivity contribution in [3.63, 3.8) is 0 Å². The molecule has 1 aromatic heterocycles. The second-order valence-corrected chi connectivity index (χ2v) is 7.85. The van der Waals surface area contributed by atoms with Crippen molar-refractivity contribution in [1.82, 2.24) is 10.2 Å². The van der Waals surface area contributed by atoms with Crippen LogP contribution in [-0.2, 0) is 4.79 Å². The van der Waals surface area contributed by atoms with E-state index in [0.717, 1.165) is 22.0 Å². The van der Waals surface area contributed by atoms with Gasteiger partial charge in [0.25, 0.3) is 0 Å². The standard InChI is InChI=1S/C23H18FN3OS/c1-15(22(28)25-18-13-11-17(24)12-14-18)29-23-20-10-6-5-9-19(20)21(26-27-23)16-7-3-2-4-8-16/h2-15H,1H3,(H,25,28)/t15-/m1/s1. The zero-order valence-corrected chi connectivity index (χ0v) is 16.5. The molecule has 4 aromatic rings. The zero-order valence-electron chi connectivity index (χ0n) is 15.7. The molecule has 1 amide bonds. The minimum absolute atomic E-state index is 0.181. The fraction of sp³-hybridized carbons (Fsp3) is 0.0870. The van der Waals surface area contributed by atoms with Crippen LogP contribution >= 0.6 is 11.8 Å². The molecule has 0 saturated carbocycles. The molecule has 0 spiro atoms. The molecule has 0 aliphatic heterocycles. The van der Waals surface area contributed by atoms with E-state index in [0.29, 0.717) is 10.7 Å². The SMILES string of the molecule is C[C@@H](Sc1nnc(-c2ccccc2)c2ccccc12)C(=O)Nc1ccc(F)cc1. The van der Waals surface area contributed by atoms with Crippen LogP contribution in [0.5, 0.6) is 0 Å². The van der Waals surface area contributed by atoms with Gasteiger partial charge in [0.1, 0.15) is 16.5 Å². The van der Waals surface area contributed by atoms with Gasteiger partial charge in [-0.25, -0.2) is 4.39 Å². The van der Waals surface area contributed by atoms with Crippen molar-refractivity contribution in [2.75, 3.05) is 5.32 Å². The number of hydrogen-bond donors (Lipinski definition) is 1. The Labute approximate surface area is 172 Å². The maximum atomic E-state index is 13.0. The van der Waals surface area contributed by atoms with Crippen LogP contribution in [0.1, 0.15) is 6.92 Å². The minimum atomic E-state index is -0.402. The Morgan fingerprint density at radius 2 is 1.55 bits per heavy atom. The highest BCUT2D eigenvalue weighted by Crippen LogP contribution is 2.33. The van der Waals surface area contributed by atoms with E-state index in [1.54, 1.807) is 0 Å². The molecule has 0 aliphatic rings. The summed E-state index contributed by atoms with van der Waals surface area (Å²) in [5.41, 5.74) is 2.36. The van der Waals surface area contributed by atoms with Gasteiger partial charge in [0.15, 0.2) is 0 Å². The van der Waals surface area contributed by atoms with Crippen LogP contribution in [0.3, 0.4) is 0 Å². The smallest absolute Gasteiger partial charge is 0.237 e. The number of aromatic nitrogens is 2. The number of rotatable bonds is 5. The van der Waals surface area contributed by atoms with Crippen molar-refractivity contribution < 1.29 is 9.18 Å². The van der Waals surface area contributed by atoms with Crippen LogP contribution in [0.4, 0.5) is 10.1 Å². The van der Waals surface area contributed by atoms with Crippen molar-refractivity contribution in [1.29, 1.82) is 0 Å². The third-order valence-electron chi connectivity index (χ3n) is 4.47. The molecular weight excluding hydrogens is 385 g/mol. The lowest BCUT2D eigenvalue weighted by molar-refractivity contribution is -0.115. The third-order valence-corrected chi connectivity index (χ3v) is 5.56. The second kappa shape index (κ2) is 8.41. The molecule has 3 aromatic carbocycles. The van der Waals surface area contributed by atoms with Gasteiger partial charge in [-0.1, -0.05) is 66.4 Å². The Morgan fingerprint density at radius 3 is 2.28 bits per heavy atom. The predicted octanol–water partition coefficient (Wildman–Crippen LogP) is 5.56. The summed E-state index contributed by atoms with van der Waals surface area (Å²) < 4.78 is 13.0. The molecule has 0 bridgehead atoms. The first-order valence-electron chi connectivity index (χ1n) is 9.16. The van der Waals surface area contributed by atoms with Gasteiger partial charge in [-0.2, -0.15) is 0 Å². The summed E-state index contributed by atoms with van der Waals surface area (Å²) in [7, 11) is 0. The van der Waals surface area contributed by atoms with Gasteiger partial charge in [-0.3, -0.25) is 4.79 Å². The molecule has 0 saturated heterocycles. The number of halogens is 1. The molecule has 1 atom stereocenters. The number of benzene rings is 3. The molecule has 0 fully saturated rings. The maximum Gasteiger partial charge on any atom is 0.237 e. The number of nitrogens with zero attached hydrogens (tertiary/aromatic N) is 2. The van der Waals surface area contributed by atoms with Crippen molar-refractivity contribution in [3.05, 3.63) is 84.7 Å². The number of hydrogen-bond acceptors (Lipinski definition) is 4. The number of carbonyl (C=O) groups excluding carboxylic acids is 1. The molecule has 1 heterocycles. The van der Waals surface area contributed by atoms with Crippen LogP contribution < -0.4 is 5.32 Å². The predicted molar refractivity (Wildman–Crippen MR) is 115 cm³/mol. The number of nitrogens with one attached hydrogen (secondary N) is 1. The van der Waals surface area contributed by atoms with Crippen molar-refractivity contribution >= 4 is 34.1 Å². The van der Waals surface area contributed by atoms with Gasteiger partial charge < -0.3 is 5.32 Å². The average Bonchev–Trinajstić information content (AvgIpc) is 2.76. The largest absolute Gasteiger partial charge is 0.325 e. The molecule has 144 valence electrons. The lowest BCUT2D eigenvalue weighted by Gasteiger charge is -2.14. The number of anilines is 1. The molecule has 0 unspecified atom stereocenters. The summed E-state index contributed by atoms with van der Waals surface area (Å²) in [6.07, 6.45) is 0. The van der Waals surface area contributed by atoms with Crippen LogP contribution in [0, 0.1) is 5.82 Å². The Balaban J connectivity index is 1.59. The lowest BCUT2D eigenvalue weighted by atomic mass is 10.1. The van der Waals surface area contributed by atoms with Crippen molar-refractivity contribution in [2.45, 2.75) is 17.2 Å². The fourth-order valence-electron chi connectivity index (χ4n) is 2.97. The van der Waals surface area contributed by atoms with Crippen LogP contribution in [-0.4, -0.2) is 21.4 Å². The highest BCUT2D eigenvalue weighted by atomic mass is 32.2. The maximum absolute atomic E-state index is 13.0. The van der Waals surface area contributed by atoms with E-state index in [4.69, 9.17) is 0 Å². The number of carbonyl (C=O) groups is 1. The van der Waals surface area contributed by atoms with Gasteiger partial charge in [0.2, 0.25) is 5.91 Å². The monoisotopic (exact) mass is 403 g/mol. The number of thioether (sulfide) groups is 1. The topological polar surface area (TPSA) is 54.9 Å². The number of fused-ring (bicyclic) bond motifs is 1. The minimum Gasteiger partial charge on any atom is -0.325 e. The summed E-state index contributed by atoms with van der Waals surface area (Å²) in [5, 5.41) is 13.9. The molecular formula is C23H18FN3OS. The van der Waals surface area contributed by atoms with Gasteiger partial charge in [-0.15, -0.1) is 10.2 Å². The van der Waals surface area contributed by atoms with Gasteiger partial charge in [-0.05, 0) is 31.2 Å². The molecule has 4 rings (SSSR count). The molecule has 6 heteroatoms. The second-order valence-electron chi connectivity index (χ2n) is 6.52. The molecule has 0 aliphatic carbocycles. The summed E-state index contributed by atoms with van der Waals surface area (Å²) >= 11 is 1.35. The lowest BCUT2D eigenvalue weighted by Crippen LogP contribution is -2.22. The Hall–Kier alpha value is -3.25. The van der Waals surface area contributed by atoms with E-state index >= 15 is 0 Å². The van der Waals surface area contributed by atoms with Crippen LogP contribution in [0.25, 0.3) is 22.0 Å². The van der Waals surface area contributed by atoms with Gasteiger partial charge >= 0.3 is 0 Å². The van der Waals surface area contributed by atoms with E-state index in [1.807, 2.05) is 61.5 Å². The summed E-state index contributed by atoms with van der Waals surface area (Å²) in [6.45, 7) is 1.81. The van der Waals surface area contributed by atoms with E-state index in [-0.39, 0.29) is 11.7 Å². The normalized spacial score (nSPS) is 11.9. The first kappa shape index (κ1) is 19.1. The zero-order chi connectivity index (χ0) is 20.2. The van der Waals surface area contributed by atoms with Gasteiger partial charge in [0, 0.05) is 22.0 Å². The molecule has 1 N–H and O–H groups in total. The molecule has 0 radical (unpaired) electrons.